The zero-order valence-electron chi connectivity index (χ0n) is 10.3. The van der Waals surface area contributed by atoms with Crippen LogP contribution in [0.3, 0.4) is 0 Å². The molecular weight excluding hydrogens is 267 g/mol. The summed E-state index contributed by atoms with van der Waals surface area (Å²) in [5.74, 6) is -0.226. The summed E-state index contributed by atoms with van der Waals surface area (Å²) in [4.78, 5) is 12.2. The molecule has 0 atom stereocenters. The molecule has 0 heterocycles. The molecule has 0 fully saturated rings. The summed E-state index contributed by atoms with van der Waals surface area (Å²) >= 11 is 5.80. The molecule has 0 bridgehead atoms. The van der Waals surface area contributed by atoms with Crippen molar-refractivity contribution in [1.82, 2.24) is 0 Å². The van der Waals surface area contributed by atoms with E-state index in [1.165, 1.54) is 18.2 Å². The molecule has 98 valence electrons. The van der Waals surface area contributed by atoms with Gasteiger partial charge in [0.05, 0.1) is 11.6 Å². The Labute approximate surface area is 115 Å². The van der Waals surface area contributed by atoms with E-state index in [4.69, 9.17) is 16.3 Å². The summed E-state index contributed by atoms with van der Waals surface area (Å²) in [7, 11) is 0. The molecule has 0 N–H and O–H groups in total. The van der Waals surface area contributed by atoms with Crippen LogP contribution < -0.4 is 4.74 Å². The fraction of sp³-hybridized carbons (Fsp3) is 0.133. The van der Waals surface area contributed by atoms with Crippen molar-refractivity contribution in [1.29, 1.82) is 0 Å². The Balaban J connectivity index is 2.31. The van der Waals surface area contributed by atoms with E-state index in [1.54, 1.807) is 24.3 Å². The quantitative estimate of drug-likeness (QED) is 0.787. The van der Waals surface area contributed by atoms with Gasteiger partial charge in [0, 0.05) is 11.1 Å². The van der Waals surface area contributed by atoms with Crippen LogP contribution in [0.1, 0.15) is 22.8 Å². The highest BCUT2D eigenvalue weighted by atomic mass is 35.5. The van der Waals surface area contributed by atoms with E-state index in [1.807, 2.05) is 6.92 Å². The minimum absolute atomic E-state index is 0.151. The van der Waals surface area contributed by atoms with Gasteiger partial charge in [0.25, 0.3) is 0 Å². The fourth-order valence-electron chi connectivity index (χ4n) is 1.70. The van der Waals surface area contributed by atoms with Gasteiger partial charge < -0.3 is 4.74 Å². The predicted octanol–water partition coefficient (Wildman–Crippen LogP) is 4.11. The molecule has 0 amide bonds. The number of rotatable bonds is 4. The second kappa shape index (κ2) is 5.85. The van der Waals surface area contributed by atoms with Gasteiger partial charge in [-0.05, 0) is 43.3 Å². The Kier molecular flexibility index (Phi) is 4.17. The minimum atomic E-state index is -0.599. The Morgan fingerprint density at radius 3 is 2.53 bits per heavy atom. The Morgan fingerprint density at radius 2 is 1.89 bits per heavy atom. The minimum Gasteiger partial charge on any atom is -0.494 e. The number of hydrogen-bond acceptors (Lipinski definition) is 2. The molecule has 2 nitrogen and oxygen atoms in total. The van der Waals surface area contributed by atoms with E-state index in [0.717, 1.165) is 0 Å². The van der Waals surface area contributed by atoms with E-state index in [9.17, 15) is 9.18 Å². The lowest BCUT2D eigenvalue weighted by molar-refractivity contribution is 0.103. The zero-order valence-corrected chi connectivity index (χ0v) is 11.1. The third-order valence-corrected chi connectivity index (χ3v) is 3.01. The summed E-state index contributed by atoms with van der Waals surface area (Å²) in [6, 6.07) is 10.8. The van der Waals surface area contributed by atoms with Crippen LogP contribution >= 0.6 is 11.6 Å². The first-order valence-electron chi connectivity index (χ1n) is 5.85. The van der Waals surface area contributed by atoms with Crippen LogP contribution in [0.25, 0.3) is 0 Å². The molecule has 19 heavy (non-hydrogen) atoms. The van der Waals surface area contributed by atoms with E-state index < -0.39 is 5.82 Å². The lowest BCUT2D eigenvalue weighted by atomic mass is 10.0. The lowest BCUT2D eigenvalue weighted by Gasteiger charge is -2.06. The third kappa shape index (κ3) is 2.93. The standard InChI is InChI=1S/C15H12ClFO2/c1-2-19-11-8-6-10(7-9-11)15(18)12-4-3-5-13(17)14(12)16/h3-9H,2H2,1H3. The second-order valence-electron chi connectivity index (χ2n) is 3.89. The molecule has 0 aliphatic carbocycles. The molecule has 0 unspecified atom stereocenters. The van der Waals surface area contributed by atoms with Crippen LogP contribution in [-0.2, 0) is 0 Å². The van der Waals surface area contributed by atoms with E-state index in [-0.39, 0.29) is 16.4 Å². The molecule has 4 heteroatoms. The SMILES string of the molecule is CCOc1ccc(C(=O)c2cccc(F)c2Cl)cc1. The van der Waals surface area contributed by atoms with Crippen LogP contribution in [0.5, 0.6) is 5.75 Å². The summed E-state index contributed by atoms with van der Waals surface area (Å²) in [6.45, 7) is 2.44. The van der Waals surface area contributed by atoms with Crippen LogP contribution in [-0.4, -0.2) is 12.4 Å². The number of benzene rings is 2. The average molecular weight is 279 g/mol. The van der Waals surface area contributed by atoms with Crippen molar-refractivity contribution in [3.63, 3.8) is 0 Å². The average Bonchev–Trinajstić information content (AvgIpc) is 2.42. The van der Waals surface area contributed by atoms with Gasteiger partial charge >= 0.3 is 0 Å². The second-order valence-corrected chi connectivity index (χ2v) is 4.27. The van der Waals surface area contributed by atoms with E-state index in [2.05, 4.69) is 0 Å². The van der Waals surface area contributed by atoms with Gasteiger partial charge in [-0.2, -0.15) is 0 Å². The number of halogens is 2. The monoisotopic (exact) mass is 278 g/mol. The molecule has 2 aromatic carbocycles. The van der Waals surface area contributed by atoms with Crippen LogP contribution in [0, 0.1) is 5.82 Å². The van der Waals surface area contributed by atoms with E-state index in [0.29, 0.717) is 17.9 Å². The maximum Gasteiger partial charge on any atom is 0.194 e. The van der Waals surface area contributed by atoms with Gasteiger partial charge in [-0.3, -0.25) is 4.79 Å². The van der Waals surface area contributed by atoms with Gasteiger partial charge in [-0.1, -0.05) is 17.7 Å². The van der Waals surface area contributed by atoms with Crippen molar-refractivity contribution < 1.29 is 13.9 Å². The van der Waals surface area contributed by atoms with Crippen molar-refractivity contribution >= 4 is 17.4 Å². The summed E-state index contributed by atoms with van der Waals surface area (Å²) in [6.07, 6.45) is 0. The molecule has 0 aliphatic heterocycles. The lowest BCUT2D eigenvalue weighted by Crippen LogP contribution is -2.03. The van der Waals surface area contributed by atoms with Gasteiger partial charge in [0.1, 0.15) is 11.6 Å². The predicted molar refractivity (Wildman–Crippen MR) is 72.5 cm³/mol. The number of ketones is 1. The van der Waals surface area contributed by atoms with Gasteiger partial charge in [-0.15, -0.1) is 0 Å². The van der Waals surface area contributed by atoms with Crippen LogP contribution in [0.2, 0.25) is 5.02 Å². The Hall–Kier alpha value is -1.87. The Morgan fingerprint density at radius 1 is 1.21 bits per heavy atom. The molecule has 0 aliphatic rings. The highest BCUT2D eigenvalue weighted by Gasteiger charge is 2.15. The molecule has 2 rings (SSSR count). The number of hydrogen-bond donors (Lipinski definition) is 0. The third-order valence-electron chi connectivity index (χ3n) is 2.62. The van der Waals surface area contributed by atoms with Gasteiger partial charge in [0.15, 0.2) is 5.78 Å². The fourth-order valence-corrected chi connectivity index (χ4v) is 1.92. The van der Waals surface area contributed by atoms with Crippen molar-refractivity contribution in [3.05, 3.63) is 64.4 Å². The molecule has 0 aromatic heterocycles. The smallest absolute Gasteiger partial charge is 0.194 e. The topological polar surface area (TPSA) is 26.3 Å². The molecule has 0 saturated heterocycles. The number of carbonyl (C=O) groups excluding carboxylic acids is 1. The van der Waals surface area contributed by atoms with Gasteiger partial charge in [-0.25, -0.2) is 4.39 Å². The van der Waals surface area contributed by atoms with Crippen LogP contribution in [0.15, 0.2) is 42.5 Å². The number of carbonyl (C=O) groups is 1. The van der Waals surface area contributed by atoms with Crippen LogP contribution in [0.4, 0.5) is 4.39 Å². The summed E-state index contributed by atoms with van der Waals surface area (Å²) < 4.78 is 18.6. The Bertz CT molecular complexity index is 594. The highest BCUT2D eigenvalue weighted by Crippen LogP contribution is 2.23. The normalized spacial score (nSPS) is 10.3. The van der Waals surface area contributed by atoms with Crippen molar-refractivity contribution in [2.75, 3.05) is 6.61 Å². The van der Waals surface area contributed by atoms with Crippen molar-refractivity contribution in [2.45, 2.75) is 6.92 Å². The van der Waals surface area contributed by atoms with Crippen molar-refractivity contribution in [2.24, 2.45) is 0 Å². The maximum atomic E-state index is 13.3. The molecule has 0 saturated carbocycles. The highest BCUT2D eigenvalue weighted by molar-refractivity contribution is 6.35. The summed E-state index contributed by atoms with van der Waals surface area (Å²) in [5.41, 5.74) is 0.599. The maximum absolute atomic E-state index is 13.3. The first-order chi connectivity index (χ1) is 9.13. The zero-order chi connectivity index (χ0) is 13.8. The largest absolute Gasteiger partial charge is 0.494 e. The first kappa shape index (κ1) is 13.6. The number of ether oxygens (including phenoxy) is 1. The molecule has 0 radical (unpaired) electrons. The molecular formula is C15H12ClFO2. The van der Waals surface area contributed by atoms with E-state index >= 15 is 0 Å². The first-order valence-corrected chi connectivity index (χ1v) is 6.23. The van der Waals surface area contributed by atoms with Gasteiger partial charge in [0.2, 0.25) is 0 Å². The molecule has 0 spiro atoms. The summed E-state index contributed by atoms with van der Waals surface area (Å²) in [5, 5.41) is -0.151. The van der Waals surface area contributed by atoms with Crippen molar-refractivity contribution in [3.8, 4) is 5.75 Å². The molecule has 2 aromatic rings.